The Kier molecular flexibility index (Phi) is 5.76. The van der Waals surface area contributed by atoms with Crippen molar-refractivity contribution in [3.63, 3.8) is 0 Å². The van der Waals surface area contributed by atoms with Crippen molar-refractivity contribution >= 4 is 24.0 Å². The average Bonchev–Trinajstić information content (AvgIpc) is 3.10. The van der Waals surface area contributed by atoms with Crippen LogP contribution in [0.25, 0.3) is 11.3 Å². The summed E-state index contributed by atoms with van der Waals surface area (Å²) in [6, 6.07) is 7.47. The Morgan fingerprint density at radius 3 is 2.57 bits per heavy atom. The second kappa shape index (κ2) is 7.59. The summed E-state index contributed by atoms with van der Waals surface area (Å²) in [6.45, 7) is 1.57. The minimum absolute atomic E-state index is 0. The first kappa shape index (κ1) is 17.5. The van der Waals surface area contributed by atoms with Crippen molar-refractivity contribution in [3.8, 4) is 11.3 Å². The first-order valence-corrected chi connectivity index (χ1v) is 7.30. The highest BCUT2D eigenvalue weighted by molar-refractivity contribution is 5.97. The number of ether oxygens (including phenoxy) is 1. The molecule has 0 saturated carbocycles. The third-order valence-electron chi connectivity index (χ3n) is 4.08. The molecule has 0 unspecified atom stereocenters. The number of hydrogen-bond acceptors (Lipinski definition) is 5. The van der Waals surface area contributed by atoms with Gasteiger partial charge in [0, 0.05) is 18.4 Å². The summed E-state index contributed by atoms with van der Waals surface area (Å²) in [6.07, 6.45) is 4.39. The number of nitrogens with one attached hydrogen (secondary N) is 2. The van der Waals surface area contributed by atoms with Crippen LogP contribution in [0.2, 0.25) is 0 Å². The molecular weight excluding hydrogens is 318 g/mol. The van der Waals surface area contributed by atoms with Crippen molar-refractivity contribution < 1.29 is 13.9 Å². The molecule has 7 heteroatoms. The first-order chi connectivity index (χ1) is 10.7. The molecule has 1 aromatic carbocycles. The molecular formula is C16H20ClN3O3. The normalized spacial score (nSPS) is 16.4. The zero-order valence-electron chi connectivity index (χ0n) is 12.9. The van der Waals surface area contributed by atoms with E-state index in [0.29, 0.717) is 18.6 Å². The van der Waals surface area contributed by atoms with E-state index >= 15 is 0 Å². The number of carbonyl (C=O) groups excluding carboxylic acids is 1. The molecule has 0 aliphatic carbocycles. The Hall–Kier alpha value is -1.89. The molecule has 124 valence electrons. The topological polar surface area (TPSA) is 76.4 Å². The molecule has 1 fully saturated rings. The van der Waals surface area contributed by atoms with Gasteiger partial charge < -0.3 is 19.8 Å². The van der Waals surface area contributed by atoms with E-state index in [1.807, 2.05) is 24.3 Å². The maximum absolute atomic E-state index is 12.5. The van der Waals surface area contributed by atoms with Crippen LogP contribution in [0.4, 0.5) is 5.69 Å². The zero-order chi connectivity index (χ0) is 15.4. The van der Waals surface area contributed by atoms with Gasteiger partial charge in [0.25, 0.3) is 5.91 Å². The summed E-state index contributed by atoms with van der Waals surface area (Å²) >= 11 is 0. The Morgan fingerprint density at radius 2 is 2.00 bits per heavy atom. The standard InChI is InChI=1S/C16H19N3O3.ClH/c1-21-16(6-8-17-9-7-16)15(20)19-13-4-2-12(3-5-13)14-10-18-11-22-14;/h2-5,10-11,17H,6-9H2,1H3,(H,19,20);1H. The number of hydrogen-bond donors (Lipinski definition) is 2. The Morgan fingerprint density at radius 1 is 1.30 bits per heavy atom. The third-order valence-corrected chi connectivity index (χ3v) is 4.08. The van der Waals surface area contributed by atoms with Crippen LogP contribution < -0.4 is 10.6 Å². The quantitative estimate of drug-likeness (QED) is 0.896. The highest BCUT2D eigenvalue weighted by atomic mass is 35.5. The number of aromatic nitrogens is 1. The summed E-state index contributed by atoms with van der Waals surface area (Å²) in [4.78, 5) is 16.4. The van der Waals surface area contributed by atoms with Gasteiger partial charge in [0.2, 0.25) is 0 Å². The number of benzene rings is 1. The maximum atomic E-state index is 12.5. The summed E-state index contributed by atoms with van der Waals surface area (Å²) in [5.74, 6) is 0.605. The summed E-state index contributed by atoms with van der Waals surface area (Å²) < 4.78 is 10.8. The minimum Gasteiger partial charge on any atom is -0.444 e. The van der Waals surface area contributed by atoms with Crippen LogP contribution in [-0.4, -0.2) is 36.7 Å². The zero-order valence-corrected chi connectivity index (χ0v) is 13.7. The van der Waals surface area contributed by atoms with Crippen molar-refractivity contribution in [3.05, 3.63) is 36.9 Å². The van der Waals surface area contributed by atoms with Crippen molar-refractivity contribution in [2.45, 2.75) is 18.4 Å². The van der Waals surface area contributed by atoms with Crippen LogP contribution in [0.3, 0.4) is 0 Å². The van der Waals surface area contributed by atoms with Crippen molar-refractivity contribution in [1.29, 1.82) is 0 Å². The molecule has 0 radical (unpaired) electrons. The molecule has 23 heavy (non-hydrogen) atoms. The largest absolute Gasteiger partial charge is 0.444 e. The Labute approximate surface area is 141 Å². The molecule has 0 atom stereocenters. The van der Waals surface area contributed by atoms with E-state index in [1.165, 1.54) is 6.39 Å². The van der Waals surface area contributed by atoms with Crippen LogP contribution in [0.5, 0.6) is 0 Å². The van der Waals surface area contributed by atoms with E-state index in [1.54, 1.807) is 13.3 Å². The molecule has 1 aromatic heterocycles. The number of oxazole rings is 1. The lowest BCUT2D eigenvalue weighted by Gasteiger charge is -2.34. The second-order valence-electron chi connectivity index (χ2n) is 5.35. The molecule has 6 nitrogen and oxygen atoms in total. The number of nitrogens with zero attached hydrogens (tertiary/aromatic N) is 1. The molecule has 2 heterocycles. The summed E-state index contributed by atoms with van der Waals surface area (Å²) in [5, 5.41) is 6.18. The number of piperidine rings is 1. The lowest BCUT2D eigenvalue weighted by atomic mass is 9.91. The highest BCUT2D eigenvalue weighted by Crippen LogP contribution is 2.26. The summed E-state index contributed by atoms with van der Waals surface area (Å²) in [7, 11) is 1.60. The maximum Gasteiger partial charge on any atom is 0.256 e. The van der Waals surface area contributed by atoms with Gasteiger partial charge in [-0.25, -0.2) is 4.98 Å². The van der Waals surface area contributed by atoms with Crippen LogP contribution in [-0.2, 0) is 9.53 Å². The molecule has 1 amide bonds. The fourth-order valence-electron chi connectivity index (χ4n) is 2.68. The van der Waals surface area contributed by atoms with Crippen molar-refractivity contribution in [2.75, 3.05) is 25.5 Å². The average molecular weight is 338 g/mol. The molecule has 0 bridgehead atoms. The summed E-state index contributed by atoms with van der Waals surface area (Å²) in [5.41, 5.74) is 0.913. The van der Waals surface area contributed by atoms with Gasteiger partial charge in [-0.1, -0.05) is 0 Å². The van der Waals surface area contributed by atoms with Gasteiger partial charge in [-0.15, -0.1) is 12.4 Å². The van der Waals surface area contributed by atoms with E-state index < -0.39 is 5.60 Å². The second-order valence-corrected chi connectivity index (χ2v) is 5.35. The van der Waals surface area contributed by atoms with E-state index in [-0.39, 0.29) is 18.3 Å². The van der Waals surface area contributed by atoms with Crippen LogP contribution >= 0.6 is 12.4 Å². The predicted molar refractivity (Wildman–Crippen MR) is 89.7 cm³/mol. The van der Waals surface area contributed by atoms with E-state index in [9.17, 15) is 4.79 Å². The fraction of sp³-hybridized carbons (Fsp3) is 0.375. The van der Waals surface area contributed by atoms with Gasteiger partial charge in [0.1, 0.15) is 5.60 Å². The highest BCUT2D eigenvalue weighted by Gasteiger charge is 2.39. The van der Waals surface area contributed by atoms with Gasteiger partial charge in [0.15, 0.2) is 12.2 Å². The van der Waals surface area contributed by atoms with Crippen molar-refractivity contribution in [2.24, 2.45) is 0 Å². The minimum atomic E-state index is -0.741. The van der Waals surface area contributed by atoms with Gasteiger partial charge in [-0.2, -0.15) is 0 Å². The van der Waals surface area contributed by atoms with Gasteiger partial charge in [-0.3, -0.25) is 4.79 Å². The molecule has 2 N–H and O–H groups in total. The van der Waals surface area contributed by atoms with Gasteiger partial charge in [-0.05, 0) is 50.2 Å². The number of methoxy groups -OCH3 is 1. The first-order valence-electron chi connectivity index (χ1n) is 7.30. The SMILES string of the molecule is COC1(C(=O)Nc2ccc(-c3cnco3)cc2)CCNCC1.Cl. The van der Waals surface area contributed by atoms with E-state index in [0.717, 1.165) is 24.3 Å². The number of halogens is 1. The lowest BCUT2D eigenvalue weighted by molar-refractivity contribution is -0.140. The Balaban J connectivity index is 0.00000192. The Bertz CT molecular complexity index is 623. The van der Waals surface area contributed by atoms with E-state index in [4.69, 9.17) is 9.15 Å². The molecule has 2 aromatic rings. The molecule has 0 spiro atoms. The van der Waals surface area contributed by atoms with Gasteiger partial charge >= 0.3 is 0 Å². The number of amides is 1. The number of rotatable bonds is 4. The van der Waals surface area contributed by atoms with Gasteiger partial charge in [0.05, 0.1) is 6.20 Å². The number of anilines is 1. The fourth-order valence-corrected chi connectivity index (χ4v) is 2.68. The molecule has 1 aliphatic heterocycles. The molecule has 1 aliphatic rings. The van der Waals surface area contributed by atoms with Crippen LogP contribution in [0.15, 0.2) is 41.3 Å². The monoisotopic (exact) mass is 337 g/mol. The lowest BCUT2D eigenvalue weighted by Crippen LogP contribution is -2.51. The van der Waals surface area contributed by atoms with Crippen LogP contribution in [0.1, 0.15) is 12.8 Å². The molecule has 1 saturated heterocycles. The predicted octanol–water partition coefficient (Wildman–Crippen LogP) is 2.47. The molecule has 3 rings (SSSR count). The van der Waals surface area contributed by atoms with Crippen molar-refractivity contribution in [1.82, 2.24) is 10.3 Å². The van der Waals surface area contributed by atoms with E-state index in [2.05, 4.69) is 15.6 Å². The third kappa shape index (κ3) is 3.72. The smallest absolute Gasteiger partial charge is 0.256 e. The van der Waals surface area contributed by atoms with Crippen LogP contribution in [0, 0.1) is 0 Å². The number of carbonyl (C=O) groups is 1.